The molecule has 0 aliphatic carbocycles. The summed E-state index contributed by atoms with van der Waals surface area (Å²) in [6.07, 6.45) is 1.74. The fraction of sp³-hybridized carbons (Fsp3) is 0.600. The lowest BCUT2D eigenvalue weighted by Gasteiger charge is -2.18. The van der Waals surface area contributed by atoms with Gasteiger partial charge in [0.2, 0.25) is 0 Å². The maximum Gasteiger partial charge on any atom is 0.0383 e. The summed E-state index contributed by atoms with van der Waals surface area (Å²) < 4.78 is 11.0. The fourth-order valence-corrected chi connectivity index (χ4v) is 3.00. The zero-order chi connectivity index (χ0) is 10.6. The maximum absolute atomic E-state index is 11.0. The molecule has 1 aromatic rings. The van der Waals surface area contributed by atoms with Crippen LogP contribution in [0.5, 0.6) is 0 Å². The Hall–Kier alpha value is -0.190. The van der Waals surface area contributed by atoms with Gasteiger partial charge in [0.15, 0.2) is 0 Å². The lowest BCUT2D eigenvalue weighted by molar-refractivity contribution is 0.509. The van der Waals surface area contributed by atoms with E-state index in [1.807, 2.05) is 0 Å². The van der Waals surface area contributed by atoms with Crippen molar-refractivity contribution in [2.45, 2.75) is 25.9 Å². The summed E-state index contributed by atoms with van der Waals surface area (Å²) in [7, 11) is -0.719. The summed E-state index contributed by atoms with van der Waals surface area (Å²) in [5.41, 5.74) is 1.31. The Labute approximate surface area is 92.2 Å². The van der Waals surface area contributed by atoms with E-state index < -0.39 is 10.8 Å². The van der Waals surface area contributed by atoms with Crippen LogP contribution in [0.15, 0.2) is 16.8 Å². The number of hydrogen-bond donors (Lipinski definition) is 1. The van der Waals surface area contributed by atoms with E-state index in [-0.39, 0.29) is 0 Å². The van der Waals surface area contributed by atoms with Crippen molar-refractivity contribution in [3.63, 3.8) is 0 Å². The largest absolute Gasteiger partial charge is 0.307 e. The molecule has 0 spiro atoms. The highest BCUT2D eigenvalue weighted by atomic mass is 32.2. The van der Waals surface area contributed by atoms with Crippen LogP contribution in [0.1, 0.15) is 25.5 Å². The molecule has 0 radical (unpaired) electrons. The van der Waals surface area contributed by atoms with E-state index in [4.69, 9.17) is 0 Å². The van der Waals surface area contributed by atoms with Gasteiger partial charge in [0, 0.05) is 34.9 Å². The van der Waals surface area contributed by atoms with Crippen molar-refractivity contribution in [3.8, 4) is 0 Å². The summed E-state index contributed by atoms with van der Waals surface area (Å²) >= 11 is 1.71. The quantitative estimate of drug-likeness (QED) is 0.841. The van der Waals surface area contributed by atoms with Crippen molar-refractivity contribution in [1.82, 2.24) is 5.32 Å². The van der Waals surface area contributed by atoms with Crippen LogP contribution in [0.3, 0.4) is 0 Å². The molecule has 3 atom stereocenters. The minimum Gasteiger partial charge on any atom is -0.307 e. The Bertz CT molecular complexity index is 284. The highest BCUT2D eigenvalue weighted by Gasteiger charge is 2.10. The summed E-state index contributed by atoms with van der Waals surface area (Å²) in [6, 6.07) is 2.77. The van der Waals surface area contributed by atoms with Crippen molar-refractivity contribution in [1.29, 1.82) is 0 Å². The predicted molar refractivity (Wildman–Crippen MR) is 64.3 cm³/mol. The molecule has 0 saturated carbocycles. The summed E-state index contributed by atoms with van der Waals surface area (Å²) in [5, 5.41) is 7.65. The first-order valence-electron chi connectivity index (χ1n) is 4.67. The SMILES string of the molecule is CC(CS(C)=O)NC(C)c1ccsc1. The highest BCUT2D eigenvalue weighted by molar-refractivity contribution is 7.84. The Morgan fingerprint density at radius 3 is 2.79 bits per heavy atom. The standard InChI is InChI=1S/C10H17NOS2/c1-8(7-14(3)12)11-9(2)10-4-5-13-6-10/h4-6,8-9,11H,7H2,1-3H3. The van der Waals surface area contributed by atoms with Gasteiger partial charge in [-0.05, 0) is 36.2 Å². The van der Waals surface area contributed by atoms with Gasteiger partial charge < -0.3 is 5.32 Å². The van der Waals surface area contributed by atoms with E-state index in [1.165, 1.54) is 5.56 Å². The van der Waals surface area contributed by atoms with Gasteiger partial charge in [-0.25, -0.2) is 0 Å². The molecule has 0 aliphatic rings. The first-order chi connectivity index (χ1) is 6.59. The smallest absolute Gasteiger partial charge is 0.0383 e. The molecule has 1 rings (SSSR count). The van der Waals surface area contributed by atoms with Crippen LogP contribution in [-0.4, -0.2) is 22.3 Å². The van der Waals surface area contributed by atoms with E-state index in [0.717, 1.165) is 0 Å². The third kappa shape index (κ3) is 3.90. The molecule has 0 aliphatic heterocycles. The van der Waals surface area contributed by atoms with Gasteiger partial charge >= 0.3 is 0 Å². The Morgan fingerprint density at radius 1 is 1.57 bits per heavy atom. The van der Waals surface area contributed by atoms with Crippen LogP contribution >= 0.6 is 11.3 Å². The maximum atomic E-state index is 11.0. The Kier molecular flexibility index (Phi) is 4.78. The summed E-state index contributed by atoms with van der Waals surface area (Å²) in [4.78, 5) is 0. The molecule has 80 valence electrons. The van der Waals surface area contributed by atoms with Crippen molar-refractivity contribution in [2.24, 2.45) is 0 Å². The summed E-state index contributed by atoms with van der Waals surface area (Å²) in [6.45, 7) is 4.21. The zero-order valence-corrected chi connectivity index (χ0v) is 10.5. The topological polar surface area (TPSA) is 29.1 Å². The number of thiophene rings is 1. The average molecular weight is 231 g/mol. The molecule has 2 nitrogen and oxygen atoms in total. The van der Waals surface area contributed by atoms with E-state index in [0.29, 0.717) is 17.8 Å². The van der Waals surface area contributed by atoms with Gasteiger partial charge in [0.05, 0.1) is 0 Å². The first-order valence-corrected chi connectivity index (χ1v) is 7.34. The minimum atomic E-state index is -0.719. The molecule has 3 unspecified atom stereocenters. The van der Waals surface area contributed by atoms with E-state index >= 15 is 0 Å². The normalized spacial score (nSPS) is 17.6. The fourth-order valence-electron chi connectivity index (χ4n) is 1.44. The van der Waals surface area contributed by atoms with Gasteiger partial charge in [0.1, 0.15) is 0 Å². The van der Waals surface area contributed by atoms with Gasteiger partial charge in [0.25, 0.3) is 0 Å². The Balaban J connectivity index is 2.41. The zero-order valence-electron chi connectivity index (χ0n) is 8.82. The molecule has 0 amide bonds. The van der Waals surface area contributed by atoms with Crippen LogP contribution in [0, 0.1) is 0 Å². The number of hydrogen-bond acceptors (Lipinski definition) is 3. The lowest BCUT2D eigenvalue weighted by Crippen LogP contribution is -2.32. The van der Waals surface area contributed by atoms with Crippen molar-refractivity contribution < 1.29 is 4.21 Å². The second-order valence-electron chi connectivity index (χ2n) is 3.59. The minimum absolute atomic E-state index is 0.302. The van der Waals surface area contributed by atoms with Crippen LogP contribution < -0.4 is 5.32 Å². The van der Waals surface area contributed by atoms with Crippen molar-refractivity contribution >= 4 is 22.1 Å². The molecule has 0 aromatic carbocycles. The van der Waals surface area contributed by atoms with Crippen LogP contribution in [0.4, 0.5) is 0 Å². The molecule has 0 fully saturated rings. The molecule has 0 saturated heterocycles. The lowest BCUT2D eigenvalue weighted by atomic mass is 10.1. The molecule has 0 bridgehead atoms. The molecular weight excluding hydrogens is 214 g/mol. The monoisotopic (exact) mass is 231 g/mol. The van der Waals surface area contributed by atoms with Gasteiger partial charge in [-0.15, -0.1) is 0 Å². The molecule has 4 heteroatoms. The van der Waals surface area contributed by atoms with E-state index in [1.54, 1.807) is 17.6 Å². The van der Waals surface area contributed by atoms with Gasteiger partial charge in [-0.1, -0.05) is 0 Å². The summed E-state index contributed by atoms with van der Waals surface area (Å²) in [5.74, 6) is 0.717. The van der Waals surface area contributed by atoms with E-state index in [9.17, 15) is 4.21 Å². The van der Waals surface area contributed by atoms with Gasteiger partial charge in [-0.3, -0.25) is 4.21 Å². The van der Waals surface area contributed by atoms with Crippen molar-refractivity contribution in [2.75, 3.05) is 12.0 Å². The van der Waals surface area contributed by atoms with E-state index in [2.05, 4.69) is 36.0 Å². The molecular formula is C10H17NOS2. The third-order valence-electron chi connectivity index (χ3n) is 2.06. The van der Waals surface area contributed by atoms with Crippen LogP contribution in [0.25, 0.3) is 0 Å². The molecule has 1 aromatic heterocycles. The predicted octanol–water partition coefficient (Wildman–Crippen LogP) is 2.17. The van der Waals surface area contributed by atoms with Crippen LogP contribution in [-0.2, 0) is 10.8 Å². The molecule has 14 heavy (non-hydrogen) atoms. The molecule has 1 heterocycles. The average Bonchev–Trinajstić information content (AvgIpc) is 2.53. The second kappa shape index (κ2) is 5.63. The third-order valence-corrected chi connectivity index (χ3v) is 3.73. The van der Waals surface area contributed by atoms with Gasteiger partial charge in [-0.2, -0.15) is 11.3 Å². The number of rotatable bonds is 5. The number of nitrogens with one attached hydrogen (secondary N) is 1. The van der Waals surface area contributed by atoms with Crippen LogP contribution in [0.2, 0.25) is 0 Å². The Morgan fingerprint density at radius 2 is 2.29 bits per heavy atom. The van der Waals surface area contributed by atoms with Crippen molar-refractivity contribution in [3.05, 3.63) is 22.4 Å². The highest BCUT2D eigenvalue weighted by Crippen LogP contribution is 2.15. The first kappa shape index (κ1) is 11.9. The second-order valence-corrected chi connectivity index (χ2v) is 5.85. The molecule has 1 N–H and O–H groups in total.